The van der Waals surface area contributed by atoms with Crippen molar-refractivity contribution in [3.05, 3.63) is 0 Å². The zero-order valence-electron chi connectivity index (χ0n) is 7.96. The molecule has 2 rings (SSSR count). The Hall–Kier alpha value is -0.0800. The molecule has 12 heavy (non-hydrogen) atoms. The van der Waals surface area contributed by atoms with Crippen LogP contribution in [-0.4, -0.2) is 36.7 Å². The number of ether oxygens (including phenoxy) is 1. The quantitative estimate of drug-likeness (QED) is 0.637. The lowest BCUT2D eigenvalue weighted by atomic mass is 10.1. The first-order chi connectivity index (χ1) is 5.90. The Kier molecular flexibility index (Phi) is 2.66. The molecule has 0 aromatic carbocycles. The first kappa shape index (κ1) is 8.52. The molecule has 0 unspecified atom stereocenters. The Bertz CT molecular complexity index is 143. The van der Waals surface area contributed by atoms with Crippen LogP contribution >= 0.6 is 0 Å². The minimum atomic E-state index is 0.532. The number of piperidine rings is 1. The molecule has 1 saturated heterocycles. The third kappa shape index (κ3) is 1.99. The summed E-state index contributed by atoms with van der Waals surface area (Å²) in [5.41, 5.74) is 0. The third-order valence-electron chi connectivity index (χ3n) is 2.88. The fraction of sp³-hybridized carbons (Fsp3) is 1.00. The lowest BCUT2D eigenvalue weighted by Crippen LogP contribution is -2.40. The summed E-state index contributed by atoms with van der Waals surface area (Å²) in [7, 11) is 0. The molecule has 0 aromatic rings. The second-order valence-electron chi connectivity index (χ2n) is 3.95. The summed E-state index contributed by atoms with van der Waals surface area (Å²) >= 11 is 0. The molecule has 0 bridgehead atoms. The van der Waals surface area contributed by atoms with Gasteiger partial charge in [-0.1, -0.05) is 0 Å². The van der Waals surface area contributed by atoms with Crippen molar-refractivity contribution in [2.75, 3.05) is 19.7 Å². The Labute approximate surface area is 74.9 Å². The van der Waals surface area contributed by atoms with Crippen LogP contribution < -0.4 is 0 Å². The molecule has 1 aliphatic carbocycles. The highest BCUT2D eigenvalue weighted by atomic mass is 16.5. The maximum atomic E-state index is 5.65. The van der Waals surface area contributed by atoms with Gasteiger partial charge in [0.15, 0.2) is 0 Å². The molecule has 0 spiro atoms. The van der Waals surface area contributed by atoms with Gasteiger partial charge in [0.05, 0.1) is 6.10 Å². The van der Waals surface area contributed by atoms with Gasteiger partial charge in [-0.15, -0.1) is 0 Å². The summed E-state index contributed by atoms with van der Waals surface area (Å²) < 4.78 is 5.65. The molecule has 2 fully saturated rings. The summed E-state index contributed by atoms with van der Waals surface area (Å²) in [6.45, 7) is 5.48. The standard InChI is InChI=1S/C10H19NO/c1-2-12-10-4-3-7-11(8-10)9-5-6-9/h9-10H,2-8H2,1H3/t10-/m1/s1. The van der Waals surface area contributed by atoms with E-state index in [2.05, 4.69) is 11.8 Å². The Morgan fingerprint density at radius 2 is 2.17 bits per heavy atom. The number of nitrogens with zero attached hydrogens (tertiary/aromatic N) is 1. The largest absolute Gasteiger partial charge is 0.377 e. The van der Waals surface area contributed by atoms with Gasteiger partial charge in [0.2, 0.25) is 0 Å². The fourth-order valence-electron chi connectivity index (χ4n) is 2.11. The van der Waals surface area contributed by atoms with E-state index in [4.69, 9.17) is 4.74 Å². The van der Waals surface area contributed by atoms with Crippen LogP contribution in [-0.2, 0) is 4.74 Å². The van der Waals surface area contributed by atoms with Crippen LogP contribution in [0.1, 0.15) is 32.6 Å². The fourth-order valence-corrected chi connectivity index (χ4v) is 2.11. The van der Waals surface area contributed by atoms with Gasteiger partial charge in [-0.3, -0.25) is 4.90 Å². The molecule has 1 aliphatic heterocycles. The van der Waals surface area contributed by atoms with Crippen molar-refractivity contribution < 1.29 is 4.74 Å². The van der Waals surface area contributed by atoms with Crippen molar-refractivity contribution in [3.8, 4) is 0 Å². The van der Waals surface area contributed by atoms with Gasteiger partial charge in [0.1, 0.15) is 0 Å². The van der Waals surface area contributed by atoms with Crippen molar-refractivity contribution in [2.45, 2.75) is 44.8 Å². The molecule has 2 nitrogen and oxygen atoms in total. The maximum absolute atomic E-state index is 5.65. The molecule has 70 valence electrons. The van der Waals surface area contributed by atoms with Gasteiger partial charge in [-0.2, -0.15) is 0 Å². The molecule has 0 radical (unpaired) electrons. The lowest BCUT2D eigenvalue weighted by molar-refractivity contribution is 0.00351. The summed E-state index contributed by atoms with van der Waals surface area (Å²) in [5.74, 6) is 0. The van der Waals surface area contributed by atoms with Crippen LogP contribution in [0.2, 0.25) is 0 Å². The molecule has 1 heterocycles. The zero-order chi connectivity index (χ0) is 8.39. The minimum absolute atomic E-state index is 0.532. The topological polar surface area (TPSA) is 12.5 Å². The van der Waals surface area contributed by atoms with Gasteiger partial charge in [-0.05, 0) is 39.2 Å². The predicted molar refractivity (Wildman–Crippen MR) is 49.2 cm³/mol. The van der Waals surface area contributed by atoms with Gasteiger partial charge < -0.3 is 4.74 Å². The highest BCUT2D eigenvalue weighted by Gasteiger charge is 2.32. The van der Waals surface area contributed by atoms with Crippen molar-refractivity contribution in [2.24, 2.45) is 0 Å². The summed E-state index contributed by atoms with van der Waals surface area (Å²) in [6.07, 6.45) is 6.00. The van der Waals surface area contributed by atoms with E-state index in [1.54, 1.807) is 0 Å². The van der Waals surface area contributed by atoms with Crippen LogP contribution in [0, 0.1) is 0 Å². The van der Waals surface area contributed by atoms with Crippen LogP contribution in [0.4, 0.5) is 0 Å². The monoisotopic (exact) mass is 169 g/mol. The second-order valence-corrected chi connectivity index (χ2v) is 3.95. The third-order valence-corrected chi connectivity index (χ3v) is 2.88. The second kappa shape index (κ2) is 3.75. The normalized spacial score (nSPS) is 32.2. The van der Waals surface area contributed by atoms with Crippen molar-refractivity contribution >= 4 is 0 Å². The lowest BCUT2D eigenvalue weighted by Gasteiger charge is -2.32. The summed E-state index contributed by atoms with van der Waals surface area (Å²) in [4.78, 5) is 2.61. The predicted octanol–water partition coefficient (Wildman–Crippen LogP) is 1.65. The SMILES string of the molecule is CCO[C@@H]1CCCN(C2CC2)C1. The summed E-state index contributed by atoms with van der Waals surface area (Å²) in [5, 5.41) is 0. The number of hydrogen-bond donors (Lipinski definition) is 0. The van der Waals surface area contributed by atoms with E-state index in [1.807, 2.05) is 0 Å². The van der Waals surface area contributed by atoms with Crippen LogP contribution in [0.3, 0.4) is 0 Å². The first-order valence-corrected chi connectivity index (χ1v) is 5.26. The average Bonchev–Trinajstić information content (AvgIpc) is 2.88. The zero-order valence-corrected chi connectivity index (χ0v) is 7.96. The van der Waals surface area contributed by atoms with Gasteiger partial charge in [0.25, 0.3) is 0 Å². The highest BCUT2D eigenvalue weighted by Crippen LogP contribution is 2.29. The van der Waals surface area contributed by atoms with Gasteiger partial charge >= 0.3 is 0 Å². The van der Waals surface area contributed by atoms with Crippen molar-refractivity contribution in [1.82, 2.24) is 4.90 Å². The Morgan fingerprint density at radius 1 is 1.33 bits per heavy atom. The van der Waals surface area contributed by atoms with Crippen LogP contribution in [0.25, 0.3) is 0 Å². The molecule has 1 atom stereocenters. The maximum Gasteiger partial charge on any atom is 0.0702 e. The molecule has 1 saturated carbocycles. The van der Waals surface area contributed by atoms with E-state index in [0.29, 0.717) is 6.10 Å². The average molecular weight is 169 g/mol. The smallest absolute Gasteiger partial charge is 0.0702 e. The molecule has 2 aliphatic rings. The van der Waals surface area contributed by atoms with E-state index in [0.717, 1.165) is 12.6 Å². The van der Waals surface area contributed by atoms with Crippen LogP contribution in [0.5, 0.6) is 0 Å². The molecule has 0 N–H and O–H groups in total. The molecular formula is C10H19NO. The van der Waals surface area contributed by atoms with E-state index in [-0.39, 0.29) is 0 Å². The van der Waals surface area contributed by atoms with E-state index >= 15 is 0 Å². The first-order valence-electron chi connectivity index (χ1n) is 5.26. The Balaban J connectivity index is 1.77. The minimum Gasteiger partial charge on any atom is -0.377 e. The highest BCUT2D eigenvalue weighted by molar-refractivity contribution is 4.88. The van der Waals surface area contributed by atoms with Gasteiger partial charge in [-0.25, -0.2) is 0 Å². The van der Waals surface area contributed by atoms with E-state index in [9.17, 15) is 0 Å². The molecule has 0 amide bonds. The molecular weight excluding hydrogens is 150 g/mol. The van der Waals surface area contributed by atoms with Crippen LogP contribution in [0.15, 0.2) is 0 Å². The summed E-state index contributed by atoms with van der Waals surface area (Å²) in [6, 6.07) is 0.924. The van der Waals surface area contributed by atoms with Gasteiger partial charge in [0, 0.05) is 19.2 Å². The molecule has 0 aromatic heterocycles. The van der Waals surface area contributed by atoms with E-state index in [1.165, 1.54) is 38.8 Å². The number of hydrogen-bond acceptors (Lipinski definition) is 2. The van der Waals surface area contributed by atoms with Crippen molar-refractivity contribution in [3.63, 3.8) is 0 Å². The van der Waals surface area contributed by atoms with E-state index < -0.39 is 0 Å². The number of rotatable bonds is 3. The Morgan fingerprint density at radius 3 is 2.83 bits per heavy atom. The van der Waals surface area contributed by atoms with Crippen molar-refractivity contribution in [1.29, 1.82) is 0 Å². The number of likely N-dealkylation sites (tertiary alicyclic amines) is 1. The molecule has 2 heteroatoms.